The largest absolute Gasteiger partial charge is 0.364 e. The van der Waals surface area contributed by atoms with Crippen molar-refractivity contribution in [2.75, 3.05) is 0 Å². The van der Waals surface area contributed by atoms with Gasteiger partial charge in [0, 0.05) is 5.75 Å². The molecule has 0 atom stereocenters. The second kappa shape index (κ2) is 2.70. The first kappa shape index (κ1) is 7.07. The lowest BCUT2D eigenvalue weighted by Crippen LogP contribution is -2.13. The van der Waals surface area contributed by atoms with Crippen LogP contribution in [0.25, 0.3) is 0 Å². The van der Waals surface area contributed by atoms with E-state index in [0.29, 0.717) is 11.4 Å². The molecule has 1 aromatic heterocycles. The van der Waals surface area contributed by atoms with Crippen molar-refractivity contribution in [1.29, 1.82) is 0 Å². The number of carbonyl (C=O) groups excluding carboxylic acids is 1. The minimum absolute atomic E-state index is 0.162. The molecule has 5 nitrogen and oxygen atoms in total. The Morgan fingerprint density at radius 3 is 2.80 bits per heavy atom. The molecule has 6 heteroatoms. The molecule has 1 amide bonds. The van der Waals surface area contributed by atoms with Gasteiger partial charge in [-0.05, 0) is 0 Å². The van der Waals surface area contributed by atoms with Gasteiger partial charge in [-0.1, -0.05) is 0 Å². The van der Waals surface area contributed by atoms with E-state index in [1.165, 1.54) is 0 Å². The van der Waals surface area contributed by atoms with E-state index >= 15 is 0 Å². The van der Waals surface area contributed by atoms with Crippen molar-refractivity contribution in [3.05, 3.63) is 11.4 Å². The van der Waals surface area contributed by atoms with E-state index in [0.717, 1.165) is 0 Å². The average molecular weight is 158 g/mol. The maximum absolute atomic E-state index is 10.5. The minimum atomic E-state index is -0.585. The van der Waals surface area contributed by atoms with Gasteiger partial charge < -0.3 is 5.73 Å². The van der Waals surface area contributed by atoms with Gasteiger partial charge in [-0.15, -0.1) is 0 Å². The zero-order valence-electron chi connectivity index (χ0n) is 5.03. The number of rotatable bonds is 2. The molecule has 1 aromatic rings. The van der Waals surface area contributed by atoms with E-state index in [-0.39, 0.29) is 5.69 Å². The highest BCUT2D eigenvalue weighted by Gasteiger charge is 2.10. The quantitative estimate of drug-likeness (QED) is 0.499. The molecule has 0 saturated carbocycles. The Morgan fingerprint density at radius 2 is 2.40 bits per heavy atom. The fraction of sp³-hybridized carbons (Fsp3) is 0.250. The Bertz CT molecular complexity index is 245. The second-order valence-corrected chi connectivity index (χ2v) is 1.96. The SMILES string of the molecule is NC(=O)c1n[nH]nc1CS. The van der Waals surface area contributed by atoms with Gasteiger partial charge in [0.2, 0.25) is 0 Å². The normalized spacial score (nSPS) is 9.70. The summed E-state index contributed by atoms with van der Waals surface area (Å²) in [5.74, 6) is -0.229. The summed E-state index contributed by atoms with van der Waals surface area (Å²) in [7, 11) is 0. The number of hydrogen-bond acceptors (Lipinski definition) is 4. The van der Waals surface area contributed by atoms with E-state index in [9.17, 15) is 4.79 Å². The number of aromatic nitrogens is 3. The van der Waals surface area contributed by atoms with Crippen LogP contribution in [0.5, 0.6) is 0 Å². The predicted molar refractivity (Wildman–Crippen MR) is 37.6 cm³/mol. The molecule has 0 bridgehead atoms. The van der Waals surface area contributed by atoms with Crippen molar-refractivity contribution in [1.82, 2.24) is 15.4 Å². The summed E-state index contributed by atoms with van der Waals surface area (Å²) in [5.41, 5.74) is 5.58. The summed E-state index contributed by atoms with van der Waals surface area (Å²) < 4.78 is 0. The predicted octanol–water partition coefficient (Wildman–Crippen LogP) is -0.667. The van der Waals surface area contributed by atoms with E-state index in [4.69, 9.17) is 5.73 Å². The number of primary amides is 1. The molecule has 0 unspecified atom stereocenters. The van der Waals surface area contributed by atoms with Crippen molar-refractivity contribution in [2.24, 2.45) is 5.73 Å². The maximum atomic E-state index is 10.5. The summed E-state index contributed by atoms with van der Waals surface area (Å²) >= 11 is 3.91. The Morgan fingerprint density at radius 1 is 1.70 bits per heavy atom. The fourth-order valence-corrected chi connectivity index (χ4v) is 0.781. The van der Waals surface area contributed by atoms with Crippen LogP contribution in [0.3, 0.4) is 0 Å². The molecule has 0 aliphatic carbocycles. The van der Waals surface area contributed by atoms with Gasteiger partial charge in [0.25, 0.3) is 5.91 Å². The molecule has 0 aliphatic heterocycles. The molecule has 3 N–H and O–H groups in total. The number of carbonyl (C=O) groups is 1. The van der Waals surface area contributed by atoms with E-state index in [1.807, 2.05) is 0 Å². The third kappa shape index (κ3) is 1.10. The second-order valence-electron chi connectivity index (χ2n) is 1.64. The van der Waals surface area contributed by atoms with Crippen molar-refractivity contribution >= 4 is 18.5 Å². The van der Waals surface area contributed by atoms with Crippen molar-refractivity contribution in [2.45, 2.75) is 5.75 Å². The smallest absolute Gasteiger partial charge is 0.271 e. The van der Waals surface area contributed by atoms with Crippen LogP contribution in [0.2, 0.25) is 0 Å². The van der Waals surface area contributed by atoms with Crippen LogP contribution in [0, 0.1) is 0 Å². The monoisotopic (exact) mass is 158 g/mol. The molecule has 0 radical (unpaired) electrons. The van der Waals surface area contributed by atoms with E-state index < -0.39 is 5.91 Å². The van der Waals surface area contributed by atoms with Crippen LogP contribution in [0.1, 0.15) is 16.2 Å². The van der Waals surface area contributed by atoms with Crippen molar-refractivity contribution < 1.29 is 4.79 Å². The van der Waals surface area contributed by atoms with Gasteiger partial charge >= 0.3 is 0 Å². The first-order valence-corrected chi connectivity index (χ1v) is 3.19. The fourth-order valence-electron chi connectivity index (χ4n) is 0.560. The summed E-state index contributed by atoms with van der Waals surface area (Å²) in [4.78, 5) is 10.5. The number of nitrogens with zero attached hydrogens (tertiary/aromatic N) is 2. The molecule has 1 heterocycles. The van der Waals surface area contributed by atoms with Crippen LogP contribution in [-0.2, 0) is 5.75 Å². The number of thiol groups is 1. The highest BCUT2D eigenvalue weighted by Crippen LogP contribution is 2.01. The Kier molecular flexibility index (Phi) is 1.91. The molecule has 0 aliphatic rings. The Labute approximate surface area is 62.4 Å². The lowest BCUT2D eigenvalue weighted by Gasteiger charge is -1.87. The zero-order valence-corrected chi connectivity index (χ0v) is 5.93. The Balaban J connectivity index is 3.01. The summed E-state index contributed by atoms with van der Waals surface area (Å²) in [6.07, 6.45) is 0. The first-order chi connectivity index (χ1) is 4.75. The molecule has 0 fully saturated rings. The van der Waals surface area contributed by atoms with Crippen LogP contribution < -0.4 is 5.73 Å². The third-order valence-corrected chi connectivity index (χ3v) is 1.30. The minimum Gasteiger partial charge on any atom is -0.364 e. The number of hydrogen-bond donors (Lipinski definition) is 3. The number of amides is 1. The van der Waals surface area contributed by atoms with Gasteiger partial charge in [0.05, 0.1) is 0 Å². The topological polar surface area (TPSA) is 84.7 Å². The third-order valence-electron chi connectivity index (χ3n) is 1.00. The highest BCUT2D eigenvalue weighted by molar-refractivity contribution is 7.79. The molecular weight excluding hydrogens is 152 g/mol. The number of nitrogens with two attached hydrogens (primary N) is 1. The Hall–Kier alpha value is -1.04. The average Bonchev–Trinajstić information content (AvgIpc) is 2.33. The molecule has 1 rings (SSSR count). The molecule has 54 valence electrons. The van der Waals surface area contributed by atoms with E-state index in [1.54, 1.807) is 0 Å². The van der Waals surface area contributed by atoms with Gasteiger partial charge in [-0.2, -0.15) is 28.0 Å². The lowest BCUT2D eigenvalue weighted by atomic mass is 10.3. The standard InChI is InChI=1S/C4H6N4OS/c5-4(9)3-2(1-10)6-8-7-3/h10H,1H2,(H2,5,9)(H,6,7,8). The van der Waals surface area contributed by atoms with E-state index in [2.05, 4.69) is 28.0 Å². The van der Waals surface area contributed by atoms with Crippen molar-refractivity contribution in [3.8, 4) is 0 Å². The van der Waals surface area contributed by atoms with Gasteiger partial charge in [-0.25, -0.2) is 0 Å². The van der Waals surface area contributed by atoms with Crippen LogP contribution >= 0.6 is 12.6 Å². The van der Waals surface area contributed by atoms with Crippen LogP contribution in [0.15, 0.2) is 0 Å². The zero-order chi connectivity index (χ0) is 7.56. The lowest BCUT2D eigenvalue weighted by molar-refractivity contribution is 0.0995. The molecule has 10 heavy (non-hydrogen) atoms. The number of nitrogens with one attached hydrogen (secondary N) is 1. The van der Waals surface area contributed by atoms with Crippen molar-refractivity contribution in [3.63, 3.8) is 0 Å². The first-order valence-electron chi connectivity index (χ1n) is 2.56. The maximum Gasteiger partial charge on any atom is 0.271 e. The van der Waals surface area contributed by atoms with Gasteiger partial charge in [0.1, 0.15) is 5.69 Å². The van der Waals surface area contributed by atoms with Gasteiger partial charge in [0.15, 0.2) is 5.69 Å². The molecule has 0 aromatic carbocycles. The highest BCUT2D eigenvalue weighted by atomic mass is 32.1. The van der Waals surface area contributed by atoms with Gasteiger partial charge in [-0.3, -0.25) is 4.79 Å². The van der Waals surface area contributed by atoms with Crippen LogP contribution in [-0.4, -0.2) is 21.3 Å². The molecular formula is C4H6N4OS. The molecule has 0 saturated heterocycles. The molecule has 0 spiro atoms. The summed E-state index contributed by atoms with van der Waals surface area (Å²) in [5, 5.41) is 9.45. The van der Waals surface area contributed by atoms with Crippen LogP contribution in [0.4, 0.5) is 0 Å². The summed E-state index contributed by atoms with van der Waals surface area (Å²) in [6.45, 7) is 0. The number of aromatic amines is 1. The summed E-state index contributed by atoms with van der Waals surface area (Å²) in [6, 6.07) is 0. The number of H-pyrrole nitrogens is 1.